The van der Waals surface area contributed by atoms with E-state index in [1.54, 1.807) is 6.33 Å². The van der Waals surface area contributed by atoms with Crippen LogP contribution in [0.15, 0.2) is 73.2 Å². The van der Waals surface area contributed by atoms with Crippen LogP contribution in [0, 0.1) is 0 Å². The van der Waals surface area contributed by atoms with Crippen molar-refractivity contribution in [2.75, 3.05) is 31.1 Å². The lowest BCUT2D eigenvalue weighted by Gasteiger charge is -2.36. The Hall–Kier alpha value is -2.72. The van der Waals surface area contributed by atoms with Crippen LogP contribution < -0.4 is 4.90 Å². The first-order valence-electron chi connectivity index (χ1n) is 8.77. The number of hydrogen-bond acceptors (Lipinski definition) is 4. The molecule has 1 aromatic heterocycles. The first-order valence-corrected chi connectivity index (χ1v) is 8.77. The van der Waals surface area contributed by atoms with Gasteiger partial charge in [0.25, 0.3) is 0 Å². The van der Waals surface area contributed by atoms with Gasteiger partial charge in [-0.3, -0.25) is 4.90 Å². The number of hydrogen-bond donors (Lipinski definition) is 0. The lowest BCUT2D eigenvalue weighted by Crippen LogP contribution is -2.46. The highest BCUT2D eigenvalue weighted by atomic mass is 15.3. The predicted molar refractivity (Wildman–Crippen MR) is 101 cm³/mol. The summed E-state index contributed by atoms with van der Waals surface area (Å²) in [5, 5.41) is 0. The third kappa shape index (κ3) is 3.69. The van der Waals surface area contributed by atoms with Gasteiger partial charge in [-0.15, -0.1) is 0 Å². The number of nitrogens with zero attached hydrogens (tertiary/aromatic N) is 4. The van der Waals surface area contributed by atoms with E-state index in [-0.39, 0.29) is 0 Å². The van der Waals surface area contributed by atoms with Gasteiger partial charge in [0, 0.05) is 38.3 Å². The lowest BCUT2D eigenvalue weighted by molar-refractivity contribution is 0.250. The zero-order valence-electron chi connectivity index (χ0n) is 14.3. The highest BCUT2D eigenvalue weighted by Gasteiger charge is 2.20. The van der Waals surface area contributed by atoms with Gasteiger partial charge < -0.3 is 4.90 Å². The van der Waals surface area contributed by atoms with E-state index in [2.05, 4.69) is 74.4 Å². The average molecular weight is 330 g/mol. The summed E-state index contributed by atoms with van der Waals surface area (Å²) in [5.41, 5.74) is 4.68. The Morgan fingerprint density at radius 2 is 1.48 bits per heavy atom. The van der Waals surface area contributed by atoms with Crippen molar-refractivity contribution in [2.24, 2.45) is 0 Å². The Labute approximate surface area is 148 Å². The van der Waals surface area contributed by atoms with E-state index in [1.165, 1.54) is 5.56 Å². The number of piperazine rings is 1. The van der Waals surface area contributed by atoms with Crippen LogP contribution >= 0.6 is 0 Å². The molecule has 2 aromatic carbocycles. The Morgan fingerprint density at radius 3 is 2.20 bits per heavy atom. The van der Waals surface area contributed by atoms with Gasteiger partial charge in [0.2, 0.25) is 0 Å². The predicted octanol–water partition coefficient (Wildman–Crippen LogP) is 3.47. The van der Waals surface area contributed by atoms with Crippen LogP contribution in [0.1, 0.15) is 5.56 Å². The van der Waals surface area contributed by atoms with Gasteiger partial charge in [-0.25, -0.2) is 9.97 Å². The molecule has 0 saturated carbocycles. The SMILES string of the molecule is c1ccc(CN2CCN(c3cncnc3-c3ccccc3)CC2)cc1. The molecule has 0 spiro atoms. The van der Waals surface area contributed by atoms with Crippen molar-refractivity contribution in [3.8, 4) is 11.3 Å². The molecule has 1 fully saturated rings. The molecule has 4 nitrogen and oxygen atoms in total. The third-order valence-corrected chi connectivity index (χ3v) is 4.70. The second-order valence-electron chi connectivity index (χ2n) is 6.37. The van der Waals surface area contributed by atoms with Crippen molar-refractivity contribution in [3.05, 3.63) is 78.8 Å². The van der Waals surface area contributed by atoms with Crippen molar-refractivity contribution in [1.82, 2.24) is 14.9 Å². The lowest BCUT2D eigenvalue weighted by atomic mass is 10.1. The second kappa shape index (κ2) is 7.45. The maximum atomic E-state index is 4.54. The van der Waals surface area contributed by atoms with Crippen LogP contribution in [-0.4, -0.2) is 41.0 Å². The summed E-state index contributed by atoms with van der Waals surface area (Å²) in [7, 11) is 0. The van der Waals surface area contributed by atoms with E-state index < -0.39 is 0 Å². The minimum absolute atomic E-state index is 1.00. The van der Waals surface area contributed by atoms with Crippen molar-refractivity contribution in [2.45, 2.75) is 6.54 Å². The molecule has 0 radical (unpaired) electrons. The summed E-state index contributed by atoms with van der Waals surface area (Å²) < 4.78 is 0. The van der Waals surface area contributed by atoms with Crippen LogP contribution in [0.25, 0.3) is 11.3 Å². The first kappa shape index (κ1) is 15.8. The van der Waals surface area contributed by atoms with E-state index in [0.717, 1.165) is 49.7 Å². The highest BCUT2D eigenvalue weighted by Crippen LogP contribution is 2.28. The van der Waals surface area contributed by atoms with E-state index in [4.69, 9.17) is 0 Å². The maximum Gasteiger partial charge on any atom is 0.116 e. The zero-order valence-corrected chi connectivity index (χ0v) is 14.3. The molecular formula is C21H22N4. The summed E-state index contributed by atoms with van der Waals surface area (Å²) in [6, 6.07) is 21.1. The van der Waals surface area contributed by atoms with Crippen molar-refractivity contribution in [1.29, 1.82) is 0 Å². The molecule has 0 unspecified atom stereocenters. The molecule has 25 heavy (non-hydrogen) atoms. The largest absolute Gasteiger partial charge is 0.366 e. The van der Waals surface area contributed by atoms with Crippen LogP contribution in [0.2, 0.25) is 0 Å². The van der Waals surface area contributed by atoms with Gasteiger partial charge in [-0.1, -0.05) is 60.7 Å². The fourth-order valence-corrected chi connectivity index (χ4v) is 3.36. The monoisotopic (exact) mass is 330 g/mol. The molecule has 0 aliphatic carbocycles. The van der Waals surface area contributed by atoms with Crippen LogP contribution in [0.3, 0.4) is 0 Å². The molecule has 126 valence electrons. The topological polar surface area (TPSA) is 32.3 Å². The number of anilines is 1. The fourth-order valence-electron chi connectivity index (χ4n) is 3.36. The van der Waals surface area contributed by atoms with Gasteiger partial charge in [-0.05, 0) is 5.56 Å². The molecule has 3 aromatic rings. The van der Waals surface area contributed by atoms with E-state index in [1.807, 2.05) is 12.3 Å². The summed E-state index contributed by atoms with van der Waals surface area (Å²) in [6.07, 6.45) is 3.58. The maximum absolute atomic E-state index is 4.54. The fraction of sp³-hybridized carbons (Fsp3) is 0.238. The summed E-state index contributed by atoms with van der Waals surface area (Å²) >= 11 is 0. The smallest absolute Gasteiger partial charge is 0.116 e. The molecular weight excluding hydrogens is 308 g/mol. The molecule has 1 aliphatic heterocycles. The van der Waals surface area contributed by atoms with Crippen molar-refractivity contribution in [3.63, 3.8) is 0 Å². The minimum atomic E-state index is 1.00. The third-order valence-electron chi connectivity index (χ3n) is 4.70. The Morgan fingerprint density at radius 1 is 0.800 bits per heavy atom. The minimum Gasteiger partial charge on any atom is -0.366 e. The molecule has 1 aliphatic rings. The number of aromatic nitrogens is 2. The molecule has 1 saturated heterocycles. The molecule has 2 heterocycles. The first-order chi connectivity index (χ1) is 12.4. The van der Waals surface area contributed by atoms with Crippen LogP contribution in [-0.2, 0) is 6.54 Å². The van der Waals surface area contributed by atoms with Gasteiger partial charge >= 0.3 is 0 Å². The summed E-state index contributed by atoms with van der Waals surface area (Å²) in [6.45, 7) is 5.13. The quantitative estimate of drug-likeness (QED) is 0.733. The zero-order chi connectivity index (χ0) is 16.9. The molecule has 0 amide bonds. The summed E-state index contributed by atoms with van der Waals surface area (Å²) in [4.78, 5) is 13.7. The Balaban J connectivity index is 1.46. The van der Waals surface area contributed by atoms with Crippen LogP contribution in [0.4, 0.5) is 5.69 Å². The Kier molecular flexibility index (Phi) is 4.70. The second-order valence-corrected chi connectivity index (χ2v) is 6.37. The molecule has 4 rings (SSSR count). The highest BCUT2D eigenvalue weighted by molar-refractivity contribution is 5.74. The van der Waals surface area contributed by atoms with Gasteiger partial charge in [0.05, 0.1) is 17.6 Å². The standard InChI is InChI=1S/C21H22N4/c1-3-7-18(8-4-1)16-24-11-13-25(14-12-24)20-15-22-17-23-21(20)19-9-5-2-6-10-19/h1-10,15,17H,11-14,16H2. The van der Waals surface area contributed by atoms with Crippen LogP contribution in [0.5, 0.6) is 0 Å². The van der Waals surface area contributed by atoms with Crippen molar-refractivity contribution < 1.29 is 0 Å². The normalized spacial score (nSPS) is 15.3. The van der Waals surface area contributed by atoms with E-state index >= 15 is 0 Å². The Bertz CT molecular complexity index is 796. The number of benzene rings is 2. The van der Waals surface area contributed by atoms with E-state index in [9.17, 15) is 0 Å². The van der Waals surface area contributed by atoms with Gasteiger partial charge in [0.15, 0.2) is 0 Å². The molecule has 4 heteroatoms. The number of rotatable bonds is 4. The van der Waals surface area contributed by atoms with Crippen molar-refractivity contribution >= 4 is 5.69 Å². The van der Waals surface area contributed by atoms with E-state index in [0.29, 0.717) is 0 Å². The molecule has 0 atom stereocenters. The molecule has 0 bridgehead atoms. The summed E-state index contributed by atoms with van der Waals surface area (Å²) in [5.74, 6) is 0. The van der Waals surface area contributed by atoms with Gasteiger partial charge in [0.1, 0.15) is 6.33 Å². The molecule has 0 N–H and O–H groups in total. The van der Waals surface area contributed by atoms with Gasteiger partial charge in [-0.2, -0.15) is 0 Å². The average Bonchev–Trinajstić information content (AvgIpc) is 2.70.